The van der Waals surface area contributed by atoms with E-state index >= 15 is 0 Å². The fraction of sp³-hybridized carbons (Fsp3) is 0.143. The van der Waals surface area contributed by atoms with Crippen LogP contribution in [-0.2, 0) is 6.42 Å². The molecule has 0 saturated heterocycles. The molecule has 0 aliphatic rings. The molecule has 0 aromatic heterocycles. The van der Waals surface area contributed by atoms with Gasteiger partial charge in [-0.25, -0.2) is 8.78 Å². The average molecular weight is 287 g/mol. The highest BCUT2D eigenvalue weighted by Gasteiger charge is 2.07. The van der Waals surface area contributed by atoms with Gasteiger partial charge in [0.1, 0.15) is 11.6 Å². The molecular formula is C14H10Cl2F2. The Morgan fingerprint density at radius 1 is 0.944 bits per heavy atom. The average Bonchev–Trinajstić information content (AvgIpc) is 2.31. The zero-order valence-electron chi connectivity index (χ0n) is 9.61. The summed E-state index contributed by atoms with van der Waals surface area (Å²) in [6.07, 6.45) is 0.529. The SMILES string of the molecule is Cc1cc(Cc2ccc(F)c(Cl)c2)cc(Cl)c1F. The highest BCUT2D eigenvalue weighted by atomic mass is 35.5. The van der Waals surface area contributed by atoms with Crippen molar-refractivity contribution in [2.45, 2.75) is 13.3 Å². The van der Waals surface area contributed by atoms with E-state index in [1.165, 1.54) is 6.07 Å². The first-order valence-corrected chi connectivity index (χ1v) is 6.11. The van der Waals surface area contributed by atoms with Gasteiger partial charge in [-0.3, -0.25) is 0 Å². The lowest BCUT2D eigenvalue weighted by Crippen LogP contribution is -1.93. The van der Waals surface area contributed by atoms with Gasteiger partial charge >= 0.3 is 0 Å². The van der Waals surface area contributed by atoms with E-state index in [0.29, 0.717) is 12.0 Å². The van der Waals surface area contributed by atoms with Gasteiger partial charge in [0.15, 0.2) is 0 Å². The molecule has 0 aliphatic carbocycles. The van der Waals surface area contributed by atoms with Crippen molar-refractivity contribution in [1.82, 2.24) is 0 Å². The molecule has 0 aliphatic heterocycles. The van der Waals surface area contributed by atoms with Crippen molar-refractivity contribution in [1.29, 1.82) is 0 Å². The molecule has 0 saturated carbocycles. The van der Waals surface area contributed by atoms with Gasteiger partial charge in [-0.05, 0) is 48.2 Å². The number of rotatable bonds is 2. The Morgan fingerprint density at radius 2 is 1.61 bits per heavy atom. The van der Waals surface area contributed by atoms with Crippen LogP contribution in [-0.4, -0.2) is 0 Å². The molecular weight excluding hydrogens is 277 g/mol. The van der Waals surface area contributed by atoms with E-state index in [2.05, 4.69) is 0 Å². The summed E-state index contributed by atoms with van der Waals surface area (Å²) >= 11 is 11.5. The van der Waals surface area contributed by atoms with Crippen LogP contribution in [0.4, 0.5) is 8.78 Å². The summed E-state index contributed by atoms with van der Waals surface area (Å²) in [7, 11) is 0. The highest BCUT2D eigenvalue weighted by Crippen LogP contribution is 2.23. The standard InChI is InChI=1S/C14H10Cl2F2/c1-8-4-10(7-12(16)14(8)18)5-9-2-3-13(17)11(15)6-9/h2-4,6-7H,5H2,1H3. The number of hydrogen-bond donors (Lipinski definition) is 0. The molecule has 0 heterocycles. The second-order valence-corrected chi connectivity index (χ2v) is 4.95. The van der Waals surface area contributed by atoms with E-state index < -0.39 is 11.6 Å². The molecule has 0 bridgehead atoms. The third-order valence-corrected chi connectivity index (χ3v) is 3.23. The fourth-order valence-corrected chi connectivity index (χ4v) is 2.28. The van der Waals surface area contributed by atoms with Crippen LogP contribution >= 0.6 is 23.2 Å². The Balaban J connectivity index is 2.31. The minimum absolute atomic E-state index is 0.0810. The lowest BCUT2D eigenvalue weighted by molar-refractivity contribution is 0.618. The summed E-state index contributed by atoms with van der Waals surface area (Å²) in [6, 6.07) is 7.81. The van der Waals surface area contributed by atoms with Gasteiger partial charge in [0, 0.05) is 0 Å². The first kappa shape index (κ1) is 13.3. The van der Waals surface area contributed by atoms with Crippen LogP contribution in [0, 0.1) is 18.6 Å². The summed E-state index contributed by atoms with van der Waals surface area (Å²) in [5.74, 6) is -0.855. The molecule has 4 heteroatoms. The van der Waals surface area contributed by atoms with E-state index in [1.807, 2.05) is 0 Å². The molecule has 2 rings (SSSR count). The second kappa shape index (κ2) is 5.25. The molecule has 0 atom stereocenters. The molecule has 94 valence electrons. The lowest BCUT2D eigenvalue weighted by Gasteiger charge is -2.06. The molecule has 2 aromatic rings. The third-order valence-electron chi connectivity index (χ3n) is 2.66. The van der Waals surface area contributed by atoms with Crippen molar-refractivity contribution < 1.29 is 8.78 Å². The highest BCUT2D eigenvalue weighted by molar-refractivity contribution is 6.31. The maximum atomic E-state index is 13.4. The number of halogens is 4. The largest absolute Gasteiger partial charge is 0.205 e. The van der Waals surface area contributed by atoms with E-state index in [1.54, 1.807) is 31.2 Å². The second-order valence-electron chi connectivity index (χ2n) is 4.13. The van der Waals surface area contributed by atoms with Gasteiger partial charge in [-0.1, -0.05) is 35.3 Å². The van der Waals surface area contributed by atoms with Crippen molar-refractivity contribution in [2.75, 3.05) is 0 Å². The molecule has 2 aromatic carbocycles. The molecule has 0 amide bonds. The Kier molecular flexibility index (Phi) is 3.88. The van der Waals surface area contributed by atoms with Gasteiger partial charge in [0.05, 0.1) is 10.0 Å². The third kappa shape index (κ3) is 2.82. The first-order chi connectivity index (χ1) is 8.47. The Morgan fingerprint density at radius 3 is 2.22 bits per heavy atom. The summed E-state index contributed by atoms with van der Waals surface area (Å²) < 4.78 is 26.4. The quantitative estimate of drug-likeness (QED) is 0.714. The molecule has 0 radical (unpaired) electrons. The van der Waals surface area contributed by atoms with E-state index in [4.69, 9.17) is 23.2 Å². The molecule has 0 nitrogen and oxygen atoms in total. The van der Waals surface area contributed by atoms with E-state index in [9.17, 15) is 8.78 Å². The van der Waals surface area contributed by atoms with Crippen LogP contribution in [0.3, 0.4) is 0 Å². The molecule has 0 N–H and O–H groups in total. The summed E-state index contributed by atoms with van der Waals surface area (Å²) in [5, 5.41) is 0.177. The van der Waals surface area contributed by atoms with E-state index in [-0.39, 0.29) is 10.0 Å². The van der Waals surface area contributed by atoms with Crippen molar-refractivity contribution in [3.8, 4) is 0 Å². The van der Waals surface area contributed by atoms with Gasteiger partial charge in [0.25, 0.3) is 0 Å². The van der Waals surface area contributed by atoms with Gasteiger partial charge in [-0.2, -0.15) is 0 Å². The minimum Gasteiger partial charge on any atom is -0.205 e. The first-order valence-electron chi connectivity index (χ1n) is 5.36. The van der Waals surface area contributed by atoms with Crippen LogP contribution in [0.15, 0.2) is 30.3 Å². The molecule has 0 spiro atoms. The minimum atomic E-state index is -0.450. The van der Waals surface area contributed by atoms with Crippen molar-refractivity contribution >= 4 is 23.2 Å². The fourth-order valence-electron chi connectivity index (χ4n) is 1.78. The van der Waals surface area contributed by atoms with E-state index in [0.717, 1.165) is 11.1 Å². The molecule has 0 fully saturated rings. The number of aryl methyl sites for hydroxylation is 1. The zero-order valence-corrected chi connectivity index (χ0v) is 11.1. The lowest BCUT2D eigenvalue weighted by atomic mass is 10.0. The summed E-state index contributed by atoms with van der Waals surface area (Å²) in [5.41, 5.74) is 2.20. The van der Waals surface area contributed by atoms with Crippen molar-refractivity contribution in [3.63, 3.8) is 0 Å². The number of benzene rings is 2. The van der Waals surface area contributed by atoms with Crippen molar-refractivity contribution in [3.05, 3.63) is 68.7 Å². The molecule has 0 unspecified atom stereocenters. The van der Waals surface area contributed by atoms with Crippen LogP contribution in [0.25, 0.3) is 0 Å². The van der Waals surface area contributed by atoms with Gasteiger partial charge in [-0.15, -0.1) is 0 Å². The summed E-state index contributed by atoms with van der Waals surface area (Å²) in [6.45, 7) is 1.66. The van der Waals surface area contributed by atoms with Crippen LogP contribution in [0.1, 0.15) is 16.7 Å². The maximum Gasteiger partial charge on any atom is 0.144 e. The Bertz CT molecular complexity index is 571. The number of hydrogen-bond acceptors (Lipinski definition) is 0. The molecule has 18 heavy (non-hydrogen) atoms. The van der Waals surface area contributed by atoms with Gasteiger partial charge in [0.2, 0.25) is 0 Å². The monoisotopic (exact) mass is 286 g/mol. The summed E-state index contributed by atoms with van der Waals surface area (Å²) in [4.78, 5) is 0. The predicted octanol–water partition coefficient (Wildman–Crippen LogP) is 5.17. The Hall–Kier alpha value is -1.12. The normalized spacial score (nSPS) is 10.7. The predicted molar refractivity (Wildman–Crippen MR) is 70.4 cm³/mol. The zero-order chi connectivity index (χ0) is 13.3. The van der Waals surface area contributed by atoms with Crippen LogP contribution in [0.2, 0.25) is 10.0 Å². The van der Waals surface area contributed by atoms with Gasteiger partial charge < -0.3 is 0 Å². The maximum absolute atomic E-state index is 13.4. The van der Waals surface area contributed by atoms with Crippen LogP contribution < -0.4 is 0 Å². The topological polar surface area (TPSA) is 0 Å². The Labute approximate surface area is 114 Å². The van der Waals surface area contributed by atoms with Crippen LogP contribution in [0.5, 0.6) is 0 Å². The smallest absolute Gasteiger partial charge is 0.144 e. The van der Waals surface area contributed by atoms with Crippen molar-refractivity contribution in [2.24, 2.45) is 0 Å².